The van der Waals surface area contributed by atoms with Crippen molar-refractivity contribution >= 4 is 77.3 Å². The van der Waals surface area contributed by atoms with Crippen molar-refractivity contribution in [3.05, 3.63) is 199 Å². The smallest absolute Gasteiger partial charge is 0.234 e. The molecule has 3 aromatic heterocycles. The maximum absolute atomic E-state index is 6.36. The topological polar surface area (TPSA) is 59.8 Å². The van der Waals surface area contributed by atoms with E-state index in [1.165, 1.54) is 16.3 Å². The fraction of sp³-hybridized carbons (Fsp3) is 0.0196. The molecule has 1 unspecified atom stereocenters. The lowest BCUT2D eigenvalue weighted by atomic mass is 10.1. The summed E-state index contributed by atoms with van der Waals surface area (Å²) < 4.78 is 11.1. The molecule has 0 saturated heterocycles. The lowest BCUT2D eigenvalue weighted by Crippen LogP contribution is -2.35. The van der Waals surface area contributed by atoms with Crippen molar-refractivity contribution in [3.8, 4) is 16.8 Å². The quantitative estimate of drug-likeness (QED) is 0.196. The molecule has 1 aliphatic rings. The molecule has 57 heavy (non-hydrogen) atoms. The van der Waals surface area contributed by atoms with Gasteiger partial charge in [-0.25, -0.2) is 4.99 Å². The van der Waals surface area contributed by atoms with E-state index in [4.69, 9.17) is 14.4 Å². The maximum Gasteiger partial charge on any atom is 0.234 e. The van der Waals surface area contributed by atoms with E-state index in [2.05, 4.69) is 172 Å². The van der Waals surface area contributed by atoms with Crippen LogP contribution in [-0.2, 0) is 0 Å². The molecule has 1 N–H and O–H groups in total. The Hall–Kier alpha value is -7.70. The Kier molecular flexibility index (Phi) is 6.89. The van der Waals surface area contributed by atoms with Gasteiger partial charge in [0.2, 0.25) is 5.96 Å². The van der Waals surface area contributed by atoms with Gasteiger partial charge in [0.05, 0.1) is 22.1 Å². The normalized spacial score (nSPS) is 14.5. The van der Waals surface area contributed by atoms with Crippen molar-refractivity contribution in [2.75, 3.05) is 0 Å². The summed E-state index contributed by atoms with van der Waals surface area (Å²) in [7, 11) is 0. The zero-order chi connectivity index (χ0) is 37.5. The van der Waals surface area contributed by atoms with Gasteiger partial charge in [0.25, 0.3) is 0 Å². The Bertz CT molecular complexity index is 3440. The minimum Gasteiger partial charge on any atom is -0.456 e. The Morgan fingerprint density at radius 3 is 1.77 bits per heavy atom. The van der Waals surface area contributed by atoms with Crippen LogP contribution in [0.3, 0.4) is 0 Å². The van der Waals surface area contributed by atoms with Gasteiger partial charge in [-0.3, -0.25) is 4.57 Å². The van der Waals surface area contributed by atoms with Crippen molar-refractivity contribution < 1.29 is 4.42 Å². The molecule has 0 aliphatic carbocycles. The molecule has 1 aliphatic heterocycles. The van der Waals surface area contributed by atoms with Crippen LogP contribution in [0.25, 0.3) is 82.4 Å². The van der Waals surface area contributed by atoms with Crippen molar-refractivity contribution in [1.29, 1.82) is 0 Å². The van der Waals surface area contributed by atoms with Gasteiger partial charge in [0.1, 0.15) is 23.2 Å². The Morgan fingerprint density at radius 2 is 1.02 bits per heavy atom. The summed E-state index contributed by atoms with van der Waals surface area (Å²) in [4.78, 5) is 10.8. The highest BCUT2D eigenvalue weighted by Gasteiger charge is 2.27. The van der Waals surface area contributed by atoms with E-state index in [0.29, 0.717) is 5.96 Å². The van der Waals surface area contributed by atoms with E-state index in [1.54, 1.807) is 0 Å². The zero-order valence-corrected chi connectivity index (χ0v) is 30.7. The Morgan fingerprint density at radius 1 is 0.439 bits per heavy atom. The molecule has 11 aromatic rings. The average molecular weight is 732 g/mol. The van der Waals surface area contributed by atoms with Crippen molar-refractivity contribution in [3.63, 3.8) is 0 Å². The lowest BCUT2D eigenvalue weighted by molar-refractivity contribution is 0.652. The number of hydrogen-bond donors (Lipinski definition) is 1. The maximum atomic E-state index is 6.36. The molecular weight excluding hydrogens is 699 g/mol. The van der Waals surface area contributed by atoms with E-state index in [9.17, 15) is 0 Å². The Balaban J connectivity index is 1.16. The summed E-state index contributed by atoms with van der Waals surface area (Å²) in [5.41, 5.74) is 11.4. The number of fused-ring (bicyclic) bond motifs is 10. The molecular formula is C51H33N5O. The largest absolute Gasteiger partial charge is 0.456 e. The molecule has 268 valence electrons. The number of nitrogens with zero attached hydrogens (tertiary/aromatic N) is 4. The van der Waals surface area contributed by atoms with Gasteiger partial charge >= 0.3 is 0 Å². The summed E-state index contributed by atoms with van der Waals surface area (Å²) in [5.74, 6) is 1.36. The first-order valence-electron chi connectivity index (χ1n) is 19.3. The standard InChI is InChI=1S/C51H33N5O/c1-3-14-32(15-4-1)34-18-13-19-36(30-34)55-43-23-10-7-20-37(43)41-28-29-42-38-21-8-11-24-44(38)56(48(42)47(41)55)51-53-49(33-16-5-2-6-17-33)52-50(54-51)35-26-27-40-39-22-9-12-25-45(39)57-46(40)31-35/h1-31,50H,(H,52,53,54). The van der Waals surface area contributed by atoms with Crippen LogP contribution >= 0.6 is 0 Å². The fourth-order valence-electron chi connectivity index (χ4n) is 8.79. The minimum absolute atomic E-state index is 0.436. The molecule has 0 fully saturated rings. The molecule has 0 amide bonds. The van der Waals surface area contributed by atoms with Crippen LogP contribution in [0.1, 0.15) is 17.3 Å². The third-order valence-electron chi connectivity index (χ3n) is 11.4. The number of benzene rings is 8. The highest BCUT2D eigenvalue weighted by Crippen LogP contribution is 2.41. The number of aromatic nitrogens is 2. The first kappa shape index (κ1) is 31.6. The summed E-state index contributed by atoms with van der Waals surface area (Å²) in [6.45, 7) is 0. The number of hydrogen-bond acceptors (Lipinski definition) is 4. The molecule has 0 bridgehead atoms. The van der Waals surface area contributed by atoms with Crippen LogP contribution in [-0.4, -0.2) is 20.9 Å². The van der Waals surface area contributed by atoms with E-state index in [0.717, 1.165) is 83.0 Å². The van der Waals surface area contributed by atoms with Gasteiger partial charge < -0.3 is 14.3 Å². The first-order chi connectivity index (χ1) is 28.3. The van der Waals surface area contributed by atoms with Crippen LogP contribution in [0.5, 0.6) is 0 Å². The number of para-hydroxylation sites is 3. The van der Waals surface area contributed by atoms with E-state index in [1.807, 2.05) is 30.3 Å². The predicted octanol–water partition coefficient (Wildman–Crippen LogP) is 12.4. The molecule has 6 heteroatoms. The monoisotopic (exact) mass is 731 g/mol. The summed E-state index contributed by atoms with van der Waals surface area (Å²) in [6.07, 6.45) is -0.436. The lowest BCUT2D eigenvalue weighted by Gasteiger charge is -2.24. The Labute approximate surface area is 327 Å². The second-order valence-corrected chi connectivity index (χ2v) is 14.6. The van der Waals surface area contributed by atoms with E-state index in [-0.39, 0.29) is 0 Å². The highest BCUT2D eigenvalue weighted by atomic mass is 16.3. The summed E-state index contributed by atoms with van der Waals surface area (Å²) in [5, 5.41) is 10.5. The zero-order valence-electron chi connectivity index (χ0n) is 30.7. The molecule has 12 rings (SSSR count). The van der Waals surface area contributed by atoms with Gasteiger partial charge in [-0.1, -0.05) is 152 Å². The van der Waals surface area contributed by atoms with Crippen molar-refractivity contribution in [2.45, 2.75) is 6.17 Å². The average Bonchev–Trinajstić information content (AvgIpc) is 3.94. The van der Waals surface area contributed by atoms with Crippen LogP contribution < -0.4 is 5.32 Å². The van der Waals surface area contributed by atoms with Crippen LogP contribution in [0.2, 0.25) is 0 Å². The molecule has 8 aromatic carbocycles. The molecule has 0 spiro atoms. The van der Waals surface area contributed by atoms with Gasteiger partial charge in [-0.15, -0.1) is 0 Å². The molecule has 4 heterocycles. The van der Waals surface area contributed by atoms with E-state index < -0.39 is 6.17 Å². The molecule has 0 radical (unpaired) electrons. The van der Waals surface area contributed by atoms with Gasteiger partial charge in [0, 0.05) is 49.1 Å². The number of furan rings is 1. The number of aliphatic imine (C=N–C) groups is 2. The van der Waals surface area contributed by atoms with Crippen LogP contribution in [0, 0.1) is 0 Å². The summed E-state index contributed by atoms with van der Waals surface area (Å²) in [6, 6.07) is 66.2. The number of nitrogens with one attached hydrogen (secondary N) is 1. The van der Waals surface area contributed by atoms with Crippen LogP contribution in [0.15, 0.2) is 202 Å². The molecule has 1 atom stereocenters. The van der Waals surface area contributed by atoms with Crippen molar-refractivity contribution in [1.82, 2.24) is 14.5 Å². The molecule has 6 nitrogen and oxygen atoms in total. The van der Waals surface area contributed by atoms with Gasteiger partial charge in [-0.2, -0.15) is 4.99 Å². The highest BCUT2D eigenvalue weighted by molar-refractivity contribution is 6.26. The fourth-order valence-corrected chi connectivity index (χ4v) is 8.79. The second kappa shape index (κ2) is 12.4. The summed E-state index contributed by atoms with van der Waals surface area (Å²) >= 11 is 0. The number of rotatable bonds is 4. The third kappa shape index (κ3) is 4.90. The van der Waals surface area contributed by atoms with Gasteiger partial charge in [-0.05, 0) is 47.5 Å². The van der Waals surface area contributed by atoms with Crippen LogP contribution in [0.4, 0.5) is 0 Å². The minimum atomic E-state index is -0.436. The number of amidine groups is 1. The SMILES string of the molecule is c1ccc(C2=NC(n3c4ccccc4c4ccc5c6ccccc6n(-c6cccc(-c7ccccc7)c6)c5c43)=NC(c3ccc4c(c3)oc3ccccc34)N2)cc1. The van der Waals surface area contributed by atoms with E-state index >= 15 is 0 Å². The molecule has 0 saturated carbocycles. The predicted molar refractivity (Wildman–Crippen MR) is 235 cm³/mol. The van der Waals surface area contributed by atoms with Gasteiger partial charge in [0.15, 0.2) is 0 Å². The third-order valence-corrected chi connectivity index (χ3v) is 11.4. The second-order valence-electron chi connectivity index (χ2n) is 14.6. The van der Waals surface area contributed by atoms with Crippen molar-refractivity contribution in [2.24, 2.45) is 9.98 Å². The first-order valence-corrected chi connectivity index (χ1v) is 19.3.